The van der Waals surface area contributed by atoms with E-state index in [4.69, 9.17) is 4.74 Å². The molecule has 1 aromatic carbocycles. The van der Waals surface area contributed by atoms with Crippen LogP contribution in [0.25, 0.3) is 0 Å². The number of piperidine rings is 1. The minimum absolute atomic E-state index is 0.227. The molecule has 1 heterocycles. The molecular formula is C15H24N2O. The smallest absolute Gasteiger partial charge is 0.121 e. The number of anilines is 1. The lowest BCUT2D eigenvalue weighted by Crippen LogP contribution is -2.31. The molecule has 0 bridgehead atoms. The normalized spacial score (nSPS) is 16.8. The molecule has 0 aliphatic carbocycles. The van der Waals surface area contributed by atoms with Crippen LogP contribution in [-0.4, -0.2) is 25.7 Å². The number of benzene rings is 1. The van der Waals surface area contributed by atoms with E-state index >= 15 is 0 Å². The van der Waals surface area contributed by atoms with Crippen molar-refractivity contribution in [2.75, 3.05) is 25.0 Å². The average molecular weight is 248 g/mol. The van der Waals surface area contributed by atoms with E-state index in [1.165, 1.54) is 12.8 Å². The van der Waals surface area contributed by atoms with Crippen molar-refractivity contribution < 1.29 is 4.74 Å². The van der Waals surface area contributed by atoms with Crippen LogP contribution < -0.4 is 15.4 Å². The minimum Gasteiger partial charge on any atom is -0.491 e. The van der Waals surface area contributed by atoms with Gasteiger partial charge in [0.2, 0.25) is 0 Å². The summed E-state index contributed by atoms with van der Waals surface area (Å²) >= 11 is 0. The largest absolute Gasteiger partial charge is 0.491 e. The molecule has 1 aromatic rings. The van der Waals surface area contributed by atoms with Crippen molar-refractivity contribution in [3.63, 3.8) is 0 Å². The maximum Gasteiger partial charge on any atom is 0.121 e. The first-order chi connectivity index (χ1) is 8.74. The second kappa shape index (κ2) is 6.64. The van der Waals surface area contributed by atoms with Crippen molar-refractivity contribution in [3.05, 3.63) is 24.3 Å². The highest BCUT2D eigenvalue weighted by atomic mass is 16.5. The maximum absolute atomic E-state index is 5.70. The van der Waals surface area contributed by atoms with Gasteiger partial charge in [-0.1, -0.05) is 6.07 Å². The average Bonchev–Trinajstić information content (AvgIpc) is 2.37. The number of hydrogen-bond acceptors (Lipinski definition) is 3. The Morgan fingerprint density at radius 3 is 2.83 bits per heavy atom. The first kappa shape index (κ1) is 13.2. The molecule has 18 heavy (non-hydrogen) atoms. The second-order valence-corrected chi connectivity index (χ2v) is 5.27. The lowest BCUT2D eigenvalue weighted by Gasteiger charge is -2.23. The predicted octanol–water partition coefficient (Wildman–Crippen LogP) is 2.89. The van der Waals surface area contributed by atoms with E-state index in [0.717, 1.165) is 37.0 Å². The van der Waals surface area contributed by atoms with Crippen molar-refractivity contribution in [2.45, 2.75) is 32.8 Å². The van der Waals surface area contributed by atoms with Gasteiger partial charge < -0.3 is 15.4 Å². The van der Waals surface area contributed by atoms with Gasteiger partial charge in [-0.25, -0.2) is 0 Å². The third-order valence-corrected chi connectivity index (χ3v) is 3.26. The molecule has 3 nitrogen and oxygen atoms in total. The van der Waals surface area contributed by atoms with Crippen LogP contribution in [-0.2, 0) is 0 Å². The van der Waals surface area contributed by atoms with Gasteiger partial charge in [-0.3, -0.25) is 0 Å². The Bertz CT molecular complexity index is 359. The second-order valence-electron chi connectivity index (χ2n) is 5.27. The number of ether oxygens (including phenoxy) is 1. The molecule has 3 heteroatoms. The van der Waals surface area contributed by atoms with Crippen LogP contribution in [0, 0.1) is 5.92 Å². The van der Waals surface area contributed by atoms with Crippen molar-refractivity contribution in [1.29, 1.82) is 0 Å². The zero-order valence-electron chi connectivity index (χ0n) is 11.4. The molecule has 0 unspecified atom stereocenters. The van der Waals surface area contributed by atoms with Crippen LogP contribution in [0.1, 0.15) is 26.7 Å². The molecule has 0 amide bonds. The van der Waals surface area contributed by atoms with Gasteiger partial charge in [-0.15, -0.1) is 0 Å². The van der Waals surface area contributed by atoms with Gasteiger partial charge in [0.25, 0.3) is 0 Å². The van der Waals surface area contributed by atoms with Gasteiger partial charge in [0.1, 0.15) is 5.75 Å². The molecule has 2 rings (SSSR count). The van der Waals surface area contributed by atoms with Crippen LogP contribution >= 0.6 is 0 Å². The maximum atomic E-state index is 5.70. The molecule has 1 aliphatic rings. The Kier molecular flexibility index (Phi) is 4.88. The molecule has 0 saturated carbocycles. The van der Waals surface area contributed by atoms with Gasteiger partial charge in [-0.2, -0.15) is 0 Å². The lowest BCUT2D eigenvalue weighted by atomic mass is 9.98. The third kappa shape index (κ3) is 4.22. The van der Waals surface area contributed by atoms with E-state index in [2.05, 4.69) is 36.6 Å². The Labute approximate surface area is 110 Å². The quantitative estimate of drug-likeness (QED) is 0.840. The zero-order chi connectivity index (χ0) is 12.8. The molecule has 0 aromatic heterocycles. The summed E-state index contributed by atoms with van der Waals surface area (Å²) in [6.07, 6.45) is 2.77. The first-order valence-corrected chi connectivity index (χ1v) is 6.95. The Morgan fingerprint density at radius 1 is 1.33 bits per heavy atom. The number of nitrogens with one attached hydrogen (secondary N) is 2. The minimum atomic E-state index is 0.227. The Hall–Kier alpha value is -1.22. The summed E-state index contributed by atoms with van der Waals surface area (Å²) < 4.78 is 5.70. The van der Waals surface area contributed by atoms with Crippen LogP contribution in [0.4, 0.5) is 5.69 Å². The summed E-state index contributed by atoms with van der Waals surface area (Å²) in [5.74, 6) is 1.74. The fraction of sp³-hybridized carbons (Fsp3) is 0.600. The summed E-state index contributed by atoms with van der Waals surface area (Å²) in [6.45, 7) is 7.47. The van der Waals surface area contributed by atoms with Crippen LogP contribution in [0.3, 0.4) is 0 Å². The molecule has 0 radical (unpaired) electrons. The van der Waals surface area contributed by atoms with Crippen LogP contribution in [0.15, 0.2) is 24.3 Å². The Balaban J connectivity index is 1.84. The van der Waals surface area contributed by atoms with Crippen LogP contribution in [0.5, 0.6) is 5.75 Å². The van der Waals surface area contributed by atoms with Gasteiger partial charge in [0, 0.05) is 18.3 Å². The highest BCUT2D eigenvalue weighted by Crippen LogP contribution is 2.20. The molecule has 0 spiro atoms. The molecular weight excluding hydrogens is 224 g/mol. The lowest BCUT2D eigenvalue weighted by molar-refractivity contribution is 0.242. The van der Waals surface area contributed by atoms with Gasteiger partial charge >= 0.3 is 0 Å². The van der Waals surface area contributed by atoms with E-state index < -0.39 is 0 Å². The summed E-state index contributed by atoms with van der Waals surface area (Å²) in [6, 6.07) is 8.24. The van der Waals surface area contributed by atoms with Crippen molar-refractivity contribution >= 4 is 5.69 Å². The highest BCUT2D eigenvalue weighted by molar-refractivity contribution is 5.48. The zero-order valence-corrected chi connectivity index (χ0v) is 11.4. The first-order valence-electron chi connectivity index (χ1n) is 6.95. The summed E-state index contributed by atoms with van der Waals surface area (Å²) in [4.78, 5) is 0. The summed E-state index contributed by atoms with van der Waals surface area (Å²) in [5.41, 5.74) is 1.16. The summed E-state index contributed by atoms with van der Waals surface area (Å²) in [7, 11) is 0. The van der Waals surface area contributed by atoms with E-state index in [1.807, 2.05) is 12.1 Å². The SMILES string of the molecule is CC(C)Oc1cccc(NCC2CCNCC2)c1. The Morgan fingerprint density at radius 2 is 2.11 bits per heavy atom. The van der Waals surface area contributed by atoms with E-state index in [1.54, 1.807) is 0 Å². The van der Waals surface area contributed by atoms with Crippen molar-refractivity contribution in [1.82, 2.24) is 5.32 Å². The molecule has 0 atom stereocenters. The van der Waals surface area contributed by atoms with Crippen LogP contribution in [0.2, 0.25) is 0 Å². The van der Waals surface area contributed by atoms with Crippen molar-refractivity contribution in [3.8, 4) is 5.75 Å². The standard InChI is InChI=1S/C15H24N2O/c1-12(2)18-15-5-3-4-14(10-15)17-11-13-6-8-16-9-7-13/h3-5,10,12-13,16-17H,6-9,11H2,1-2H3. The predicted molar refractivity (Wildman–Crippen MR) is 76.3 cm³/mol. The fourth-order valence-electron chi connectivity index (χ4n) is 2.30. The topological polar surface area (TPSA) is 33.3 Å². The van der Waals surface area contributed by atoms with E-state index in [-0.39, 0.29) is 6.10 Å². The third-order valence-electron chi connectivity index (χ3n) is 3.26. The van der Waals surface area contributed by atoms with Gasteiger partial charge in [0.15, 0.2) is 0 Å². The molecule has 1 aliphatic heterocycles. The highest BCUT2D eigenvalue weighted by Gasteiger charge is 2.12. The number of rotatable bonds is 5. The molecule has 1 fully saturated rings. The fourth-order valence-corrected chi connectivity index (χ4v) is 2.30. The number of hydrogen-bond donors (Lipinski definition) is 2. The van der Waals surface area contributed by atoms with E-state index in [0.29, 0.717) is 0 Å². The summed E-state index contributed by atoms with van der Waals surface area (Å²) in [5, 5.41) is 6.92. The van der Waals surface area contributed by atoms with Crippen molar-refractivity contribution in [2.24, 2.45) is 5.92 Å². The van der Waals surface area contributed by atoms with Gasteiger partial charge in [0.05, 0.1) is 6.10 Å². The molecule has 1 saturated heterocycles. The van der Waals surface area contributed by atoms with Gasteiger partial charge in [-0.05, 0) is 57.8 Å². The van der Waals surface area contributed by atoms with E-state index in [9.17, 15) is 0 Å². The molecule has 2 N–H and O–H groups in total. The molecule has 100 valence electrons. The monoisotopic (exact) mass is 248 g/mol.